The van der Waals surface area contributed by atoms with Crippen molar-refractivity contribution in [3.05, 3.63) is 119 Å². The van der Waals surface area contributed by atoms with Crippen molar-refractivity contribution in [1.29, 1.82) is 0 Å². The minimum atomic E-state index is -4.69. The van der Waals surface area contributed by atoms with E-state index in [1.165, 1.54) is 24.4 Å². The summed E-state index contributed by atoms with van der Waals surface area (Å²) in [5, 5.41) is 6.95. The fraction of sp³-hybridized carbons (Fsp3) is 0.303. The molecule has 3 aromatic rings. The topological polar surface area (TPSA) is 31.4 Å². The van der Waals surface area contributed by atoms with Gasteiger partial charge < -0.3 is 10.3 Å². The van der Waals surface area contributed by atoms with Gasteiger partial charge in [-0.1, -0.05) is 25.3 Å². The summed E-state index contributed by atoms with van der Waals surface area (Å²) >= 11 is 0. The second-order valence-electron chi connectivity index (χ2n) is 11.4. The number of alkyl halides is 5. The van der Waals surface area contributed by atoms with Crippen molar-refractivity contribution in [3.8, 4) is 11.1 Å². The van der Waals surface area contributed by atoms with Crippen LogP contribution in [0.1, 0.15) is 50.3 Å². The molecular formula is C33H31F7N4. The number of benzene rings is 2. The van der Waals surface area contributed by atoms with Crippen molar-refractivity contribution >= 4 is 5.69 Å². The summed E-state index contributed by atoms with van der Waals surface area (Å²) in [5.74, 6) is -5.20. The summed E-state index contributed by atoms with van der Waals surface area (Å²) in [6, 6.07) is 8.04. The second kappa shape index (κ2) is 11.1. The number of halogens is 7. The highest BCUT2D eigenvalue weighted by molar-refractivity contribution is 5.80. The van der Waals surface area contributed by atoms with Crippen molar-refractivity contribution in [1.82, 2.24) is 15.0 Å². The molecule has 2 aliphatic heterocycles. The van der Waals surface area contributed by atoms with Crippen LogP contribution in [0.25, 0.3) is 11.1 Å². The monoisotopic (exact) mass is 616 g/mol. The number of rotatable bonds is 7. The zero-order chi connectivity index (χ0) is 32.2. The second-order valence-corrected chi connectivity index (χ2v) is 11.4. The van der Waals surface area contributed by atoms with E-state index < -0.39 is 40.4 Å². The first-order chi connectivity index (χ1) is 20.5. The van der Waals surface area contributed by atoms with Gasteiger partial charge in [0.05, 0.1) is 23.3 Å². The van der Waals surface area contributed by atoms with Crippen LogP contribution in [0.15, 0.2) is 90.6 Å². The zero-order valence-electron chi connectivity index (χ0n) is 24.4. The Morgan fingerprint density at radius 3 is 2.45 bits per heavy atom. The minimum Gasteiger partial charge on any atom is -0.355 e. The molecule has 0 spiro atoms. The molecule has 11 heteroatoms. The predicted octanol–water partition coefficient (Wildman–Crippen LogP) is 9.20. The third-order valence-electron chi connectivity index (χ3n) is 8.52. The standard InChI is InChI=1S/C33H31F7N4/c1-19-29(21(3)43(44-13-7-12-31(19,44)4)18-22-8-6-9-27(34)30(22)35)20(2)42-28-11-10-24(33(38,39)40)15-26(28)23-14-25(17-41-16-23)32(5,36)37/h6,8-11,14-17,42H,2-3,7,12-13,18H2,1,4-5H3. The molecule has 44 heavy (non-hydrogen) atoms. The number of fused-ring (bicyclic) bond motifs is 1. The molecule has 0 saturated carbocycles. The quantitative estimate of drug-likeness (QED) is 0.268. The van der Waals surface area contributed by atoms with Crippen LogP contribution in [0.3, 0.4) is 0 Å². The van der Waals surface area contributed by atoms with Crippen LogP contribution in [-0.2, 0) is 18.6 Å². The average molecular weight is 617 g/mol. The van der Waals surface area contributed by atoms with E-state index in [1.807, 2.05) is 13.8 Å². The average Bonchev–Trinajstić information content (AvgIpc) is 3.35. The molecule has 0 amide bonds. The minimum absolute atomic E-state index is 0.00774. The Balaban J connectivity index is 1.57. The molecule has 0 bridgehead atoms. The lowest BCUT2D eigenvalue weighted by atomic mass is 9.83. The fourth-order valence-corrected chi connectivity index (χ4v) is 6.01. The largest absolute Gasteiger partial charge is 0.416 e. The molecule has 1 saturated heterocycles. The molecule has 5 rings (SSSR count). The SMILES string of the molecule is C=C(Nc1ccc(C(F)(F)F)cc1-c1cncc(C(C)(F)F)c1)C1=C(C)C2(C)CCCN2N(Cc2cccc(F)c2F)C1=C. The van der Waals surface area contributed by atoms with E-state index in [-0.39, 0.29) is 34.6 Å². The maximum Gasteiger partial charge on any atom is 0.416 e. The number of anilines is 1. The Kier molecular flexibility index (Phi) is 7.90. The van der Waals surface area contributed by atoms with Crippen LogP contribution in [0.2, 0.25) is 0 Å². The van der Waals surface area contributed by atoms with Crippen molar-refractivity contribution < 1.29 is 30.7 Å². The first kappa shape index (κ1) is 31.3. The van der Waals surface area contributed by atoms with Crippen LogP contribution in [0, 0.1) is 11.6 Å². The van der Waals surface area contributed by atoms with Crippen LogP contribution < -0.4 is 5.32 Å². The lowest BCUT2D eigenvalue weighted by Crippen LogP contribution is -2.55. The first-order valence-electron chi connectivity index (χ1n) is 13.9. The predicted molar refractivity (Wildman–Crippen MR) is 155 cm³/mol. The molecule has 4 nitrogen and oxygen atoms in total. The number of aromatic nitrogens is 1. The Morgan fingerprint density at radius 2 is 1.77 bits per heavy atom. The molecule has 1 N–H and O–H groups in total. The van der Waals surface area contributed by atoms with Crippen molar-refractivity contribution in [2.45, 2.75) is 57.8 Å². The van der Waals surface area contributed by atoms with E-state index in [2.05, 4.69) is 28.5 Å². The van der Waals surface area contributed by atoms with E-state index >= 15 is 0 Å². The number of pyridine rings is 1. The highest BCUT2D eigenvalue weighted by atomic mass is 19.4. The van der Waals surface area contributed by atoms with E-state index in [0.29, 0.717) is 24.7 Å². The summed E-state index contributed by atoms with van der Waals surface area (Å²) in [4.78, 5) is 3.86. The van der Waals surface area contributed by atoms with Gasteiger partial charge in [-0.25, -0.2) is 22.6 Å². The summed E-state index contributed by atoms with van der Waals surface area (Å²) in [6.45, 7) is 13.7. The van der Waals surface area contributed by atoms with Crippen molar-refractivity contribution in [3.63, 3.8) is 0 Å². The van der Waals surface area contributed by atoms with Crippen LogP contribution >= 0.6 is 0 Å². The lowest BCUT2D eigenvalue weighted by Gasteiger charge is -2.51. The van der Waals surface area contributed by atoms with Crippen LogP contribution in [0.4, 0.5) is 36.4 Å². The van der Waals surface area contributed by atoms with Gasteiger partial charge in [0.15, 0.2) is 11.6 Å². The lowest BCUT2D eigenvalue weighted by molar-refractivity contribution is -0.137. The van der Waals surface area contributed by atoms with Gasteiger partial charge in [-0.05, 0) is 62.6 Å². The molecule has 0 aliphatic carbocycles. The zero-order valence-corrected chi connectivity index (χ0v) is 24.4. The molecule has 1 fully saturated rings. The van der Waals surface area contributed by atoms with Gasteiger partial charge in [-0.15, -0.1) is 0 Å². The first-order valence-corrected chi connectivity index (χ1v) is 13.9. The van der Waals surface area contributed by atoms with E-state index in [4.69, 9.17) is 0 Å². The van der Waals surface area contributed by atoms with Gasteiger partial charge in [0.1, 0.15) is 0 Å². The normalized spacial score (nSPS) is 19.4. The number of hydrazine groups is 1. The smallest absolute Gasteiger partial charge is 0.355 e. The van der Waals surface area contributed by atoms with E-state index in [1.54, 1.807) is 5.01 Å². The van der Waals surface area contributed by atoms with Gasteiger partial charge in [0, 0.05) is 65.1 Å². The molecule has 1 aromatic heterocycles. The fourth-order valence-electron chi connectivity index (χ4n) is 6.01. The summed E-state index contributed by atoms with van der Waals surface area (Å²) in [7, 11) is 0. The molecule has 1 unspecified atom stereocenters. The van der Waals surface area contributed by atoms with E-state index in [0.717, 1.165) is 48.9 Å². The molecule has 3 heterocycles. The van der Waals surface area contributed by atoms with Gasteiger partial charge in [-0.2, -0.15) is 13.2 Å². The molecular weight excluding hydrogens is 585 g/mol. The maximum atomic E-state index is 14.7. The third kappa shape index (κ3) is 5.60. The van der Waals surface area contributed by atoms with Gasteiger partial charge >= 0.3 is 6.18 Å². The molecule has 232 valence electrons. The Labute approximate surface area is 251 Å². The third-order valence-corrected chi connectivity index (χ3v) is 8.52. The van der Waals surface area contributed by atoms with Crippen LogP contribution in [0.5, 0.6) is 0 Å². The number of nitrogens with one attached hydrogen (secondary N) is 1. The number of nitrogens with zero attached hydrogens (tertiary/aromatic N) is 3. The van der Waals surface area contributed by atoms with Crippen molar-refractivity contribution in [2.75, 3.05) is 11.9 Å². The number of hydrogen-bond acceptors (Lipinski definition) is 4. The summed E-state index contributed by atoms with van der Waals surface area (Å²) in [5.41, 5.74) is 0.580. The van der Waals surface area contributed by atoms with Gasteiger partial charge in [0.25, 0.3) is 5.92 Å². The van der Waals surface area contributed by atoms with E-state index in [9.17, 15) is 30.7 Å². The summed E-state index contributed by atoms with van der Waals surface area (Å²) in [6.07, 6.45) is -0.929. The summed E-state index contributed by atoms with van der Waals surface area (Å²) < 4.78 is 98.3. The van der Waals surface area contributed by atoms with Crippen LogP contribution in [-0.4, -0.2) is 27.1 Å². The molecule has 1 atom stereocenters. The molecule has 2 aromatic carbocycles. The molecule has 0 radical (unpaired) electrons. The number of hydrogen-bond donors (Lipinski definition) is 1. The van der Waals surface area contributed by atoms with Gasteiger partial charge in [0.2, 0.25) is 0 Å². The Hall–Kier alpha value is -4.12. The highest BCUT2D eigenvalue weighted by Gasteiger charge is 2.47. The Morgan fingerprint density at radius 1 is 1.05 bits per heavy atom. The maximum absolute atomic E-state index is 14.7. The Bertz CT molecular complexity index is 1670. The van der Waals surface area contributed by atoms with Gasteiger partial charge in [-0.3, -0.25) is 4.98 Å². The highest BCUT2D eigenvalue weighted by Crippen LogP contribution is 2.47. The van der Waals surface area contributed by atoms with Crippen molar-refractivity contribution in [2.24, 2.45) is 0 Å². The molecule has 2 aliphatic rings.